The van der Waals surface area contributed by atoms with E-state index in [1.165, 1.54) is 6.92 Å². The molecule has 3 rings (SSSR count). The lowest BCUT2D eigenvalue weighted by Crippen LogP contribution is -2.37. The molecule has 1 atom stereocenters. The first-order valence-electron chi connectivity index (χ1n) is 7.36. The number of nitrogens with one attached hydrogen (secondary N) is 1. The van der Waals surface area contributed by atoms with Crippen LogP contribution in [0.3, 0.4) is 0 Å². The van der Waals surface area contributed by atoms with Gasteiger partial charge in [-0.2, -0.15) is 21.6 Å². The maximum Gasteiger partial charge on any atom is 0.534 e. The van der Waals surface area contributed by atoms with E-state index in [0.29, 0.717) is 6.07 Å². The highest BCUT2D eigenvalue weighted by Gasteiger charge is 2.49. The summed E-state index contributed by atoms with van der Waals surface area (Å²) in [5.41, 5.74) is -8.81. The van der Waals surface area contributed by atoms with Crippen LogP contribution in [0.4, 0.5) is 23.2 Å². The summed E-state index contributed by atoms with van der Waals surface area (Å²) in [5.74, 6) is -4.48. The lowest BCUT2D eigenvalue weighted by Gasteiger charge is -2.29. The molecule has 0 fully saturated rings. The number of carboxylic acid groups (broad SMARTS) is 1. The Bertz CT molecular complexity index is 1190. The fourth-order valence-electron chi connectivity index (χ4n) is 2.85. The molecule has 0 unspecified atom stereocenters. The molecule has 152 valence electrons. The average molecular weight is 489 g/mol. The van der Waals surface area contributed by atoms with Crippen LogP contribution in [0.15, 0.2) is 15.3 Å². The molecule has 1 aliphatic heterocycles. The van der Waals surface area contributed by atoms with Crippen molar-refractivity contribution in [2.45, 2.75) is 18.5 Å². The van der Waals surface area contributed by atoms with Crippen molar-refractivity contribution in [1.29, 1.82) is 0 Å². The van der Waals surface area contributed by atoms with E-state index in [-0.39, 0.29) is 22.2 Å². The van der Waals surface area contributed by atoms with Crippen LogP contribution < -0.4 is 15.1 Å². The van der Waals surface area contributed by atoms with Gasteiger partial charge in [0.2, 0.25) is 0 Å². The molecule has 0 radical (unpaired) electrons. The number of nitrogens with zero attached hydrogens (tertiary/aromatic N) is 1. The third-order valence-electron chi connectivity index (χ3n) is 4.04. The monoisotopic (exact) mass is 488 g/mol. The van der Waals surface area contributed by atoms with E-state index in [0.717, 1.165) is 4.57 Å². The number of hydrogen-bond donors (Lipinski definition) is 2. The molecule has 1 aliphatic rings. The zero-order valence-corrected chi connectivity index (χ0v) is 16.0. The minimum absolute atomic E-state index is 0.0589. The highest BCUT2D eigenvalue weighted by atomic mass is 79.9. The van der Waals surface area contributed by atoms with E-state index < -0.39 is 55.7 Å². The van der Waals surface area contributed by atoms with E-state index in [9.17, 15) is 40.7 Å². The fraction of sp³-hybridized carbons (Fsp3) is 0.286. The molecule has 0 amide bonds. The smallest absolute Gasteiger partial charge is 0.477 e. The standard InChI is InChI=1S/C14H9BrF4N2O6S/c1-4-3-20-9-8(15)6(16)2-5-10(9)21(4)12(22)7(13(23)24)11(5)27-28(25,26)14(17,18)19/h2,4,20H,3H2,1H3,(H,23,24)/t4-/m0/s1. The molecule has 0 spiro atoms. The van der Waals surface area contributed by atoms with Crippen molar-refractivity contribution in [3.8, 4) is 5.75 Å². The summed E-state index contributed by atoms with van der Waals surface area (Å²) in [5, 5.41) is 11.5. The van der Waals surface area contributed by atoms with Crippen molar-refractivity contribution in [2.24, 2.45) is 0 Å². The van der Waals surface area contributed by atoms with E-state index in [4.69, 9.17) is 0 Å². The number of aromatic carboxylic acids is 1. The minimum atomic E-state index is -6.33. The summed E-state index contributed by atoms with van der Waals surface area (Å²) >= 11 is 2.93. The van der Waals surface area contributed by atoms with Gasteiger partial charge in [0, 0.05) is 11.9 Å². The number of carboxylic acids is 1. The number of anilines is 1. The van der Waals surface area contributed by atoms with E-state index in [1.807, 2.05) is 0 Å². The Morgan fingerprint density at radius 3 is 2.57 bits per heavy atom. The van der Waals surface area contributed by atoms with Gasteiger partial charge in [0.25, 0.3) is 5.56 Å². The molecular formula is C14H9BrF4N2O6S. The zero-order valence-electron chi connectivity index (χ0n) is 13.6. The van der Waals surface area contributed by atoms with Gasteiger partial charge in [0.1, 0.15) is 5.82 Å². The lowest BCUT2D eigenvalue weighted by molar-refractivity contribution is -0.0500. The van der Waals surface area contributed by atoms with Gasteiger partial charge in [0.15, 0.2) is 11.3 Å². The van der Waals surface area contributed by atoms with Gasteiger partial charge in [-0.1, -0.05) is 0 Å². The van der Waals surface area contributed by atoms with Gasteiger partial charge in [0.05, 0.1) is 21.7 Å². The molecule has 14 heteroatoms. The number of rotatable bonds is 3. The Kier molecular flexibility index (Phi) is 4.61. The van der Waals surface area contributed by atoms with Crippen LogP contribution in [0.1, 0.15) is 23.3 Å². The first-order valence-corrected chi connectivity index (χ1v) is 9.56. The van der Waals surface area contributed by atoms with Gasteiger partial charge >= 0.3 is 21.6 Å². The quantitative estimate of drug-likeness (QED) is 0.387. The van der Waals surface area contributed by atoms with Gasteiger partial charge in [-0.3, -0.25) is 4.79 Å². The number of pyridine rings is 1. The van der Waals surface area contributed by atoms with Crippen LogP contribution in [0, 0.1) is 5.82 Å². The molecule has 2 heterocycles. The van der Waals surface area contributed by atoms with Crippen LogP contribution in [0.25, 0.3) is 10.9 Å². The summed E-state index contributed by atoms with van der Waals surface area (Å²) in [6, 6.07) is -0.0853. The highest BCUT2D eigenvalue weighted by Crippen LogP contribution is 2.42. The number of hydrogen-bond acceptors (Lipinski definition) is 6. The van der Waals surface area contributed by atoms with Crippen LogP contribution >= 0.6 is 15.9 Å². The molecule has 1 aromatic heterocycles. The van der Waals surface area contributed by atoms with E-state index in [1.54, 1.807) is 0 Å². The van der Waals surface area contributed by atoms with Crippen LogP contribution in [-0.4, -0.2) is 36.1 Å². The average Bonchev–Trinajstić information content (AvgIpc) is 2.54. The second-order valence-corrected chi connectivity index (χ2v) is 8.17. The molecule has 28 heavy (non-hydrogen) atoms. The van der Waals surface area contributed by atoms with Gasteiger partial charge < -0.3 is 19.2 Å². The summed E-state index contributed by atoms with van der Waals surface area (Å²) in [7, 11) is -6.33. The number of alkyl halides is 3. The molecular weight excluding hydrogens is 480 g/mol. The molecule has 2 N–H and O–H groups in total. The summed E-state index contributed by atoms with van der Waals surface area (Å²) < 4.78 is 80.2. The Morgan fingerprint density at radius 1 is 1.43 bits per heavy atom. The number of benzene rings is 1. The van der Waals surface area contributed by atoms with Gasteiger partial charge in [-0.05, 0) is 28.9 Å². The maximum absolute atomic E-state index is 14.3. The Labute approximate surface area is 162 Å². The molecule has 1 aromatic carbocycles. The summed E-state index contributed by atoms with van der Waals surface area (Å²) in [4.78, 5) is 24.3. The summed E-state index contributed by atoms with van der Waals surface area (Å²) in [6.07, 6.45) is 0. The van der Waals surface area contributed by atoms with Crippen molar-refractivity contribution in [3.05, 3.63) is 32.3 Å². The molecule has 8 nitrogen and oxygen atoms in total. The highest BCUT2D eigenvalue weighted by molar-refractivity contribution is 9.10. The van der Waals surface area contributed by atoms with Crippen molar-refractivity contribution < 1.29 is 40.1 Å². The molecule has 0 saturated carbocycles. The van der Waals surface area contributed by atoms with Crippen LogP contribution in [0.2, 0.25) is 0 Å². The van der Waals surface area contributed by atoms with Gasteiger partial charge in [-0.25, -0.2) is 9.18 Å². The molecule has 0 saturated heterocycles. The van der Waals surface area contributed by atoms with Crippen molar-refractivity contribution in [1.82, 2.24) is 4.57 Å². The first-order chi connectivity index (χ1) is 12.8. The minimum Gasteiger partial charge on any atom is -0.477 e. The second-order valence-electron chi connectivity index (χ2n) is 5.84. The number of aromatic nitrogens is 1. The van der Waals surface area contributed by atoms with Crippen LogP contribution in [-0.2, 0) is 10.1 Å². The summed E-state index contributed by atoms with van der Waals surface area (Å²) in [6.45, 7) is 1.58. The first kappa shape index (κ1) is 20.4. The van der Waals surface area contributed by atoms with E-state index in [2.05, 4.69) is 25.4 Å². The molecule has 0 bridgehead atoms. The van der Waals surface area contributed by atoms with Crippen LogP contribution in [0.5, 0.6) is 5.75 Å². The third-order valence-corrected chi connectivity index (χ3v) is 5.77. The van der Waals surface area contributed by atoms with Gasteiger partial charge in [-0.15, -0.1) is 0 Å². The zero-order chi connectivity index (χ0) is 21.2. The second kappa shape index (κ2) is 6.34. The fourth-order valence-corrected chi connectivity index (χ4v) is 3.78. The SMILES string of the molecule is C[C@H]1CNc2c(Br)c(F)cc3c(OS(=O)(=O)C(F)(F)F)c(C(=O)O)c(=O)n1c23. The predicted molar refractivity (Wildman–Crippen MR) is 91.6 cm³/mol. The van der Waals surface area contributed by atoms with E-state index >= 15 is 0 Å². The Balaban J connectivity index is 2.55. The molecule has 2 aromatic rings. The lowest BCUT2D eigenvalue weighted by atomic mass is 10.0. The van der Waals surface area contributed by atoms with Crippen molar-refractivity contribution in [3.63, 3.8) is 0 Å². The largest absolute Gasteiger partial charge is 0.534 e. The number of halogens is 5. The Morgan fingerprint density at radius 2 is 2.04 bits per heavy atom. The normalized spacial score (nSPS) is 16.7. The third kappa shape index (κ3) is 2.90. The van der Waals surface area contributed by atoms with Crippen molar-refractivity contribution >= 4 is 48.6 Å². The van der Waals surface area contributed by atoms with Crippen molar-refractivity contribution in [2.75, 3.05) is 11.9 Å². The maximum atomic E-state index is 14.3. The predicted octanol–water partition coefficient (Wildman–Crippen LogP) is 2.82. The number of carbonyl (C=O) groups is 1. The Hall–Kier alpha value is -2.35. The molecule has 0 aliphatic carbocycles. The topological polar surface area (TPSA) is 115 Å².